The number of H-pyrrole nitrogens is 1. The first-order valence-corrected chi connectivity index (χ1v) is 9.27. The molecule has 0 radical (unpaired) electrons. The Balaban J connectivity index is 1.83. The van der Waals surface area contributed by atoms with Gasteiger partial charge in [-0.25, -0.2) is 0 Å². The molecule has 0 unspecified atom stereocenters. The predicted octanol–water partition coefficient (Wildman–Crippen LogP) is 5.54. The Morgan fingerprint density at radius 2 is 1.85 bits per heavy atom. The van der Waals surface area contributed by atoms with Crippen LogP contribution in [0.25, 0.3) is 11.3 Å². The average Bonchev–Trinajstić information content (AvgIpc) is 3.23. The fourth-order valence-corrected chi connectivity index (χ4v) is 3.58. The third kappa shape index (κ3) is 3.20. The zero-order valence-electron chi connectivity index (χ0n) is 19.6. The molecule has 4 heteroatoms. The quantitative estimate of drug-likeness (QED) is 0.649. The topological polar surface area (TPSA) is 35.2 Å². The summed E-state index contributed by atoms with van der Waals surface area (Å²) in [6, 6.07) is 14.4. The molecule has 1 aromatic heterocycles. The second-order valence-corrected chi connectivity index (χ2v) is 8.44. The van der Waals surface area contributed by atoms with E-state index in [4.69, 9.17) is 4.11 Å². The molecule has 2 aromatic carbocycles. The van der Waals surface area contributed by atoms with Crippen LogP contribution >= 0.6 is 0 Å². The van der Waals surface area contributed by atoms with E-state index in [1.165, 1.54) is 4.90 Å². The summed E-state index contributed by atoms with van der Waals surface area (Å²) < 4.78 is 24.2. The van der Waals surface area contributed by atoms with E-state index in [1.807, 2.05) is 32.0 Å². The van der Waals surface area contributed by atoms with Crippen molar-refractivity contribution in [2.24, 2.45) is 0 Å². The van der Waals surface area contributed by atoms with E-state index in [0.717, 1.165) is 45.1 Å². The van der Waals surface area contributed by atoms with Gasteiger partial charge in [0.05, 0.1) is 23.7 Å². The van der Waals surface area contributed by atoms with E-state index in [9.17, 15) is 0 Å². The van der Waals surface area contributed by atoms with Crippen LogP contribution in [0.15, 0.2) is 42.5 Å². The van der Waals surface area contributed by atoms with Crippen molar-refractivity contribution in [3.05, 3.63) is 59.3 Å². The summed E-state index contributed by atoms with van der Waals surface area (Å²) >= 11 is 0. The highest BCUT2D eigenvalue weighted by molar-refractivity contribution is 5.84. The molecule has 4 rings (SSSR count). The van der Waals surface area contributed by atoms with Gasteiger partial charge in [-0.2, -0.15) is 5.10 Å². The molecule has 0 atom stereocenters. The van der Waals surface area contributed by atoms with Gasteiger partial charge in [-0.3, -0.25) is 5.10 Å². The molecule has 27 heavy (non-hydrogen) atoms. The first-order chi connectivity index (χ1) is 13.9. The van der Waals surface area contributed by atoms with Gasteiger partial charge in [0.25, 0.3) is 0 Å². The molecular formula is C23H28N4. The number of hydrogen-bond donors (Lipinski definition) is 1. The van der Waals surface area contributed by atoms with Gasteiger partial charge in [-0.05, 0) is 66.8 Å². The zero-order valence-corrected chi connectivity index (χ0v) is 16.6. The van der Waals surface area contributed by atoms with E-state index in [2.05, 4.69) is 60.1 Å². The standard InChI is InChI=1S/C23H28N4/c1-15-9-17(20-11-16(2)24-25-20)12-19(10-15)27-14-26(6)22-13-18(23(3,4)5)7-8-21(22)27/h7-13H,14H2,1-6H3,(H,24,25)/i6D3. The van der Waals surface area contributed by atoms with Crippen LogP contribution in [0.1, 0.15) is 41.7 Å². The smallest absolute Gasteiger partial charge is 0.0950 e. The van der Waals surface area contributed by atoms with Crippen LogP contribution < -0.4 is 9.80 Å². The Labute approximate surface area is 166 Å². The lowest BCUT2D eigenvalue weighted by Crippen LogP contribution is -2.24. The maximum absolute atomic E-state index is 8.08. The maximum atomic E-state index is 8.08. The third-order valence-electron chi connectivity index (χ3n) is 5.08. The summed E-state index contributed by atoms with van der Waals surface area (Å²) in [7, 11) is 0. The highest BCUT2D eigenvalue weighted by atomic mass is 15.4. The molecule has 1 aliphatic rings. The minimum absolute atomic E-state index is 0.0584. The zero-order chi connectivity index (χ0) is 21.8. The third-order valence-corrected chi connectivity index (χ3v) is 5.08. The molecular weight excluding hydrogens is 332 g/mol. The molecule has 0 fully saturated rings. The fourth-order valence-electron chi connectivity index (χ4n) is 3.58. The number of aromatic amines is 1. The van der Waals surface area contributed by atoms with Crippen LogP contribution in [0.2, 0.25) is 0 Å². The first kappa shape index (κ1) is 14.3. The molecule has 0 saturated carbocycles. The molecule has 3 aromatic rings. The largest absolute Gasteiger partial charge is 0.355 e. The van der Waals surface area contributed by atoms with Crippen LogP contribution in [0.3, 0.4) is 0 Å². The highest BCUT2D eigenvalue weighted by Gasteiger charge is 2.27. The second kappa shape index (κ2) is 6.15. The molecule has 0 aliphatic carbocycles. The van der Waals surface area contributed by atoms with Gasteiger partial charge in [0.1, 0.15) is 0 Å². The van der Waals surface area contributed by atoms with Crippen molar-refractivity contribution < 1.29 is 4.11 Å². The number of rotatable bonds is 2. The lowest BCUT2D eigenvalue weighted by molar-refractivity contribution is 0.590. The van der Waals surface area contributed by atoms with Crippen LogP contribution in [0, 0.1) is 13.8 Å². The van der Waals surface area contributed by atoms with Gasteiger partial charge >= 0.3 is 0 Å². The van der Waals surface area contributed by atoms with E-state index < -0.39 is 6.98 Å². The predicted molar refractivity (Wildman–Crippen MR) is 114 cm³/mol. The van der Waals surface area contributed by atoms with Crippen LogP contribution in [0.4, 0.5) is 17.1 Å². The minimum Gasteiger partial charge on any atom is -0.355 e. The number of fused-ring (bicyclic) bond motifs is 1. The molecule has 0 amide bonds. The van der Waals surface area contributed by atoms with Gasteiger partial charge in [0.15, 0.2) is 0 Å². The van der Waals surface area contributed by atoms with Crippen molar-refractivity contribution in [1.29, 1.82) is 0 Å². The summed E-state index contributed by atoms with van der Waals surface area (Å²) in [5.41, 5.74) is 7.68. The number of anilines is 3. The Bertz CT molecular complexity index is 1090. The molecule has 2 heterocycles. The number of benzene rings is 2. The normalized spacial score (nSPS) is 16.1. The molecule has 4 nitrogen and oxygen atoms in total. The summed E-state index contributed by atoms with van der Waals surface area (Å²) in [5.74, 6) is 0. The molecule has 140 valence electrons. The van der Waals surface area contributed by atoms with E-state index in [1.54, 1.807) is 0 Å². The molecule has 0 saturated heterocycles. The molecule has 0 bridgehead atoms. The Kier molecular flexibility index (Phi) is 3.26. The Morgan fingerprint density at radius 1 is 1.04 bits per heavy atom. The van der Waals surface area contributed by atoms with Gasteiger partial charge in [-0.1, -0.05) is 26.8 Å². The number of aromatic nitrogens is 2. The lowest BCUT2D eigenvalue weighted by Gasteiger charge is -2.22. The first-order valence-electron chi connectivity index (χ1n) is 10.8. The van der Waals surface area contributed by atoms with Crippen LogP contribution in [0.5, 0.6) is 0 Å². The van der Waals surface area contributed by atoms with Crippen LogP contribution in [-0.2, 0) is 5.41 Å². The summed E-state index contributed by atoms with van der Waals surface area (Å²) in [6.07, 6.45) is 0. The summed E-state index contributed by atoms with van der Waals surface area (Å²) in [5, 5.41) is 7.38. The van der Waals surface area contributed by atoms with Gasteiger partial charge in [0.2, 0.25) is 0 Å². The molecule has 0 spiro atoms. The fraction of sp³-hybridized carbons (Fsp3) is 0.348. The van der Waals surface area contributed by atoms with Crippen molar-refractivity contribution in [2.45, 2.75) is 40.0 Å². The summed E-state index contributed by atoms with van der Waals surface area (Å²) in [6.45, 7) is 8.51. The molecule has 1 N–H and O–H groups in total. The average molecular weight is 364 g/mol. The Hall–Kier alpha value is -2.75. The van der Waals surface area contributed by atoms with Crippen molar-refractivity contribution >= 4 is 17.1 Å². The maximum Gasteiger partial charge on any atom is 0.0950 e. The van der Waals surface area contributed by atoms with E-state index >= 15 is 0 Å². The van der Waals surface area contributed by atoms with E-state index in [0.29, 0.717) is 0 Å². The van der Waals surface area contributed by atoms with Crippen LogP contribution in [-0.4, -0.2) is 23.8 Å². The number of hydrogen-bond acceptors (Lipinski definition) is 3. The highest BCUT2D eigenvalue weighted by Crippen LogP contribution is 2.43. The van der Waals surface area contributed by atoms with Gasteiger partial charge < -0.3 is 9.80 Å². The van der Waals surface area contributed by atoms with Crippen molar-refractivity contribution in [3.8, 4) is 11.3 Å². The monoisotopic (exact) mass is 363 g/mol. The minimum atomic E-state index is -2.22. The number of nitrogens with zero attached hydrogens (tertiary/aromatic N) is 3. The SMILES string of the molecule is [2H]C([2H])([2H])N1CN(c2cc(C)cc(-c3cc(C)[nH]n3)c2)c2ccc(C(C)(C)C)cc21. The second-order valence-electron chi connectivity index (χ2n) is 8.44. The summed E-state index contributed by atoms with van der Waals surface area (Å²) in [4.78, 5) is 3.59. The lowest BCUT2D eigenvalue weighted by atomic mass is 9.86. The van der Waals surface area contributed by atoms with Crippen molar-refractivity contribution in [2.75, 3.05) is 23.4 Å². The number of nitrogens with one attached hydrogen (secondary N) is 1. The van der Waals surface area contributed by atoms with Gasteiger partial charge in [0, 0.05) is 28.0 Å². The van der Waals surface area contributed by atoms with Crippen molar-refractivity contribution in [3.63, 3.8) is 0 Å². The molecule has 1 aliphatic heterocycles. The number of aryl methyl sites for hydroxylation is 2. The van der Waals surface area contributed by atoms with Crippen molar-refractivity contribution in [1.82, 2.24) is 10.2 Å². The Morgan fingerprint density at radius 3 is 2.52 bits per heavy atom. The van der Waals surface area contributed by atoms with E-state index in [-0.39, 0.29) is 12.1 Å². The van der Waals surface area contributed by atoms with Gasteiger partial charge in [-0.15, -0.1) is 0 Å².